The van der Waals surface area contributed by atoms with Crippen molar-refractivity contribution in [3.05, 3.63) is 33.8 Å². The lowest BCUT2D eigenvalue weighted by Gasteiger charge is -2.32. The molecule has 116 valence electrons. The second-order valence-electron chi connectivity index (χ2n) is 5.35. The van der Waals surface area contributed by atoms with Crippen molar-refractivity contribution in [3.8, 4) is 0 Å². The topological polar surface area (TPSA) is 58.4 Å². The molecule has 0 saturated carbocycles. The standard InChI is InChI=1S/C15H21Cl2N3O/c16-13-4-1-5-14(17)12(13)10-20-8-2-3-11(9-20)15(21)19-7-6-18/h1,4-5,11H,2-3,6-10,18H2,(H,19,21). The van der Waals surface area contributed by atoms with Crippen molar-refractivity contribution in [1.29, 1.82) is 0 Å². The Bertz CT molecular complexity index is 476. The van der Waals surface area contributed by atoms with E-state index in [9.17, 15) is 4.79 Å². The van der Waals surface area contributed by atoms with Crippen molar-refractivity contribution in [1.82, 2.24) is 10.2 Å². The molecule has 1 heterocycles. The van der Waals surface area contributed by atoms with Crippen molar-refractivity contribution in [3.63, 3.8) is 0 Å². The van der Waals surface area contributed by atoms with Gasteiger partial charge >= 0.3 is 0 Å². The Morgan fingerprint density at radius 2 is 2.10 bits per heavy atom. The fraction of sp³-hybridized carbons (Fsp3) is 0.533. The summed E-state index contributed by atoms with van der Waals surface area (Å²) in [6.45, 7) is 3.38. The van der Waals surface area contributed by atoms with Crippen LogP contribution in [0.25, 0.3) is 0 Å². The largest absolute Gasteiger partial charge is 0.355 e. The molecule has 1 unspecified atom stereocenters. The van der Waals surface area contributed by atoms with Crippen molar-refractivity contribution < 1.29 is 4.79 Å². The number of hydrogen-bond acceptors (Lipinski definition) is 3. The first-order valence-electron chi connectivity index (χ1n) is 7.25. The van der Waals surface area contributed by atoms with E-state index in [-0.39, 0.29) is 11.8 Å². The number of nitrogens with two attached hydrogens (primary N) is 1. The van der Waals surface area contributed by atoms with Crippen LogP contribution in [-0.2, 0) is 11.3 Å². The van der Waals surface area contributed by atoms with Gasteiger partial charge < -0.3 is 11.1 Å². The molecule has 1 atom stereocenters. The van der Waals surface area contributed by atoms with Gasteiger partial charge in [0, 0.05) is 41.8 Å². The summed E-state index contributed by atoms with van der Waals surface area (Å²) in [5, 5.41) is 4.22. The highest BCUT2D eigenvalue weighted by atomic mass is 35.5. The van der Waals surface area contributed by atoms with Gasteiger partial charge in [-0.15, -0.1) is 0 Å². The Morgan fingerprint density at radius 1 is 1.38 bits per heavy atom. The van der Waals surface area contributed by atoms with Crippen LogP contribution in [0.5, 0.6) is 0 Å². The number of rotatable bonds is 5. The van der Waals surface area contributed by atoms with Gasteiger partial charge in [-0.1, -0.05) is 29.3 Å². The average Bonchev–Trinajstić information content (AvgIpc) is 2.49. The minimum Gasteiger partial charge on any atom is -0.355 e. The van der Waals surface area contributed by atoms with Crippen LogP contribution in [-0.4, -0.2) is 37.0 Å². The van der Waals surface area contributed by atoms with E-state index in [1.54, 1.807) is 0 Å². The van der Waals surface area contributed by atoms with E-state index in [0.717, 1.165) is 31.5 Å². The van der Waals surface area contributed by atoms with E-state index >= 15 is 0 Å². The molecule has 1 aliphatic rings. The quantitative estimate of drug-likeness (QED) is 0.871. The van der Waals surface area contributed by atoms with E-state index in [2.05, 4.69) is 10.2 Å². The minimum absolute atomic E-state index is 0.0200. The number of carbonyl (C=O) groups excluding carboxylic acids is 1. The number of carbonyl (C=O) groups is 1. The molecule has 6 heteroatoms. The minimum atomic E-state index is 0.0200. The lowest BCUT2D eigenvalue weighted by atomic mass is 9.96. The molecule has 0 aromatic heterocycles. The maximum Gasteiger partial charge on any atom is 0.224 e. The van der Waals surface area contributed by atoms with E-state index in [4.69, 9.17) is 28.9 Å². The number of nitrogens with one attached hydrogen (secondary N) is 1. The fourth-order valence-corrected chi connectivity index (χ4v) is 3.18. The number of amides is 1. The third kappa shape index (κ3) is 4.58. The molecule has 21 heavy (non-hydrogen) atoms. The third-order valence-corrected chi connectivity index (χ3v) is 4.47. The maximum absolute atomic E-state index is 12.0. The summed E-state index contributed by atoms with van der Waals surface area (Å²) in [6.07, 6.45) is 1.92. The Morgan fingerprint density at radius 3 is 2.76 bits per heavy atom. The van der Waals surface area contributed by atoms with E-state index in [1.807, 2.05) is 18.2 Å². The molecule has 1 amide bonds. The zero-order valence-electron chi connectivity index (χ0n) is 11.9. The summed E-state index contributed by atoms with van der Waals surface area (Å²) >= 11 is 12.4. The lowest BCUT2D eigenvalue weighted by Crippen LogP contribution is -2.43. The summed E-state index contributed by atoms with van der Waals surface area (Å²) < 4.78 is 0. The number of likely N-dealkylation sites (tertiary alicyclic amines) is 1. The Hall–Kier alpha value is -0.810. The molecule has 1 aromatic rings. The van der Waals surface area contributed by atoms with Crippen LogP contribution < -0.4 is 11.1 Å². The van der Waals surface area contributed by atoms with Gasteiger partial charge in [0.05, 0.1) is 5.92 Å². The average molecular weight is 330 g/mol. The molecule has 4 nitrogen and oxygen atoms in total. The zero-order valence-corrected chi connectivity index (χ0v) is 13.5. The highest BCUT2D eigenvalue weighted by molar-refractivity contribution is 6.35. The first-order chi connectivity index (χ1) is 10.1. The monoisotopic (exact) mass is 329 g/mol. The third-order valence-electron chi connectivity index (χ3n) is 3.76. The number of hydrogen-bond donors (Lipinski definition) is 2. The van der Waals surface area contributed by atoms with Crippen LogP contribution in [0.1, 0.15) is 18.4 Å². The fourth-order valence-electron chi connectivity index (χ4n) is 2.66. The summed E-state index contributed by atoms with van der Waals surface area (Å²) in [4.78, 5) is 14.3. The number of nitrogens with zero attached hydrogens (tertiary/aromatic N) is 1. The van der Waals surface area contributed by atoms with Crippen LogP contribution in [0, 0.1) is 5.92 Å². The molecule has 1 aliphatic heterocycles. The molecule has 0 bridgehead atoms. The van der Waals surface area contributed by atoms with Gasteiger partial charge in [-0.25, -0.2) is 0 Å². The smallest absolute Gasteiger partial charge is 0.224 e. The predicted molar refractivity (Wildman–Crippen MR) is 86.5 cm³/mol. The Kier molecular flexibility index (Phi) is 6.30. The van der Waals surface area contributed by atoms with Gasteiger partial charge in [-0.2, -0.15) is 0 Å². The van der Waals surface area contributed by atoms with Crippen molar-refractivity contribution >= 4 is 29.1 Å². The van der Waals surface area contributed by atoms with Gasteiger partial charge in [-0.3, -0.25) is 9.69 Å². The van der Waals surface area contributed by atoms with Crippen molar-refractivity contribution in [2.24, 2.45) is 11.7 Å². The molecule has 1 aromatic carbocycles. The van der Waals surface area contributed by atoms with Gasteiger partial charge in [0.2, 0.25) is 5.91 Å². The second kappa shape index (κ2) is 7.99. The van der Waals surface area contributed by atoms with Crippen LogP contribution in [0.3, 0.4) is 0 Å². The lowest BCUT2D eigenvalue weighted by molar-refractivity contribution is -0.126. The van der Waals surface area contributed by atoms with Crippen molar-refractivity contribution in [2.75, 3.05) is 26.2 Å². The molecule has 0 radical (unpaired) electrons. The second-order valence-corrected chi connectivity index (χ2v) is 6.17. The molecule has 0 aliphatic carbocycles. The summed E-state index contributed by atoms with van der Waals surface area (Å²) in [5.74, 6) is 0.113. The van der Waals surface area contributed by atoms with Gasteiger partial charge in [0.25, 0.3) is 0 Å². The first kappa shape index (κ1) is 16.6. The van der Waals surface area contributed by atoms with Crippen molar-refractivity contribution in [2.45, 2.75) is 19.4 Å². The van der Waals surface area contributed by atoms with Crippen LogP contribution in [0.4, 0.5) is 0 Å². The van der Waals surface area contributed by atoms with E-state index in [0.29, 0.717) is 29.7 Å². The number of piperidine rings is 1. The molecule has 1 fully saturated rings. The molecule has 2 rings (SSSR count). The maximum atomic E-state index is 12.0. The number of benzene rings is 1. The summed E-state index contributed by atoms with van der Waals surface area (Å²) in [5.41, 5.74) is 6.35. The molecule has 0 spiro atoms. The van der Waals surface area contributed by atoms with Gasteiger partial charge in [-0.05, 0) is 31.5 Å². The predicted octanol–water partition coefficient (Wildman–Crippen LogP) is 2.28. The summed E-state index contributed by atoms with van der Waals surface area (Å²) in [7, 11) is 0. The summed E-state index contributed by atoms with van der Waals surface area (Å²) in [6, 6.07) is 5.53. The SMILES string of the molecule is NCCNC(=O)C1CCCN(Cc2c(Cl)cccc2Cl)C1. The van der Waals surface area contributed by atoms with Crippen LogP contribution in [0.2, 0.25) is 10.0 Å². The van der Waals surface area contributed by atoms with Gasteiger partial charge in [0.15, 0.2) is 0 Å². The highest BCUT2D eigenvalue weighted by Crippen LogP contribution is 2.27. The number of halogens is 2. The Labute approximate surface area is 135 Å². The molecular formula is C15H21Cl2N3O. The zero-order chi connectivity index (χ0) is 15.2. The molecule has 3 N–H and O–H groups in total. The molecule has 1 saturated heterocycles. The first-order valence-corrected chi connectivity index (χ1v) is 8.00. The van der Waals surface area contributed by atoms with Gasteiger partial charge in [0.1, 0.15) is 0 Å². The van der Waals surface area contributed by atoms with E-state index in [1.165, 1.54) is 0 Å². The van der Waals surface area contributed by atoms with Crippen LogP contribution in [0.15, 0.2) is 18.2 Å². The van der Waals surface area contributed by atoms with Crippen LogP contribution >= 0.6 is 23.2 Å². The normalized spacial score (nSPS) is 19.5. The highest BCUT2D eigenvalue weighted by Gasteiger charge is 2.26. The molecular weight excluding hydrogens is 309 g/mol. The van der Waals surface area contributed by atoms with E-state index < -0.39 is 0 Å². The Balaban J connectivity index is 1.96.